The highest BCUT2D eigenvalue weighted by molar-refractivity contribution is 6.32. The van der Waals surface area contributed by atoms with Crippen LogP contribution in [-0.4, -0.2) is 22.7 Å². The number of ketones is 1. The normalized spacial score (nSPS) is 11.2. The predicted octanol–water partition coefficient (Wildman–Crippen LogP) is 5.97. The second-order valence-electron chi connectivity index (χ2n) is 7.39. The summed E-state index contributed by atoms with van der Waals surface area (Å²) in [5.41, 5.74) is 5.20. The molecule has 0 unspecified atom stereocenters. The molecular formula is C25H27ClN2O3. The molecule has 0 aliphatic heterocycles. The van der Waals surface area contributed by atoms with Gasteiger partial charge in [-0.05, 0) is 74.7 Å². The highest BCUT2D eigenvalue weighted by atomic mass is 35.5. The molecule has 0 aliphatic rings. The van der Waals surface area contributed by atoms with Crippen LogP contribution in [0.4, 0.5) is 0 Å². The van der Waals surface area contributed by atoms with E-state index in [1.54, 1.807) is 25.5 Å². The van der Waals surface area contributed by atoms with Gasteiger partial charge in [-0.15, -0.1) is 0 Å². The lowest BCUT2D eigenvalue weighted by Gasteiger charge is -2.13. The van der Waals surface area contributed by atoms with Crippen LogP contribution in [0.2, 0.25) is 5.02 Å². The lowest BCUT2D eigenvalue weighted by molar-refractivity contribution is 0.104. The molecule has 1 aromatic heterocycles. The Labute approximate surface area is 188 Å². The molecule has 0 spiro atoms. The summed E-state index contributed by atoms with van der Waals surface area (Å²) in [7, 11) is 1.63. The van der Waals surface area contributed by atoms with Gasteiger partial charge in [0.25, 0.3) is 0 Å². The quantitative estimate of drug-likeness (QED) is 0.321. The van der Waals surface area contributed by atoms with E-state index >= 15 is 0 Å². The Morgan fingerprint density at radius 1 is 1.16 bits per heavy atom. The molecule has 3 aromatic rings. The molecular weight excluding hydrogens is 412 g/mol. The fourth-order valence-electron chi connectivity index (χ4n) is 3.43. The van der Waals surface area contributed by atoms with Gasteiger partial charge in [0.2, 0.25) is 0 Å². The minimum absolute atomic E-state index is 0.0714. The number of aromatic nitrogens is 2. The zero-order valence-corrected chi connectivity index (χ0v) is 19.3. The van der Waals surface area contributed by atoms with Crippen LogP contribution < -0.4 is 9.47 Å². The maximum absolute atomic E-state index is 12.6. The van der Waals surface area contributed by atoms with Gasteiger partial charge < -0.3 is 9.47 Å². The second kappa shape index (κ2) is 9.84. The SMILES string of the molecule is CCn1ncc(C(=O)/C=C/c2ccc(OC)c(COc3cc(C)c(Cl)c(C)c3)c2)c1C. The van der Waals surface area contributed by atoms with E-state index in [-0.39, 0.29) is 5.78 Å². The van der Waals surface area contributed by atoms with E-state index in [1.807, 2.05) is 62.7 Å². The molecule has 0 fully saturated rings. The largest absolute Gasteiger partial charge is 0.496 e. The predicted molar refractivity (Wildman–Crippen MR) is 124 cm³/mol. The first-order valence-corrected chi connectivity index (χ1v) is 10.5. The van der Waals surface area contributed by atoms with Crippen molar-refractivity contribution >= 4 is 23.5 Å². The standard InChI is InChI=1S/C25H27ClN2O3/c1-6-28-18(4)22(14-27-28)23(29)9-7-19-8-10-24(30-5)20(13-19)15-31-21-11-16(2)25(26)17(3)12-21/h7-14H,6,15H2,1-5H3/b9-7+. The lowest BCUT2D eigenvalue weighted by atomic mass is 10.1. The number of ether oxygens (including phenoxy) is 2. The fraction of sp³-hybridized carbons (Fsp3) is 0.280. The average molecular weight is 439 g/mol. The summed E-state index contributed by atoms with van der Waals surface area (Å²) in [6, 6.07) is 9.58. The number of rotatable bonds is 8. The number of halogens is 1. The summed E-state index contributed by atoms with van der Waals surface area (Å²) in [5, 5.41) is 4.99. The fourth-order valence-corrected chi connectivity index (χ4v) is 3.54. The summed E-state index contributed by atoms with van der Waals surface area (Å²) in [6.45, 7) is 8.88. The smallest absolute Gasteiger partial charge is 0.189 e. The molecule has 162 valence electrons. The van der Waals surface area contributed by atoms with Crippen molar-refractivity contribution < 1.29 is 14.3 Å². The van der Waals surface area contributed by atoms with Crippen LogP contribution in [0.3, 0.4) is 0 Å². The van der Waals surface area contributed by atoms with Crippen molar-refractivity contribution in [3.8, 4) is 11.5 Å². The van der Waals surface area contributed by atoms with E-state index in [0.717, 1.165) is 51.0 Å². The van der Waals surface area contributed by atoms with Crippen LogP contribution in [0.15, 0.2) is 42.6 Å². The van der Waals surface area contributed by atoms with Gasteiger partial charge in [0.1, 0.15) is 18.1 Å². The van der Waals surface area contributed by atoms with E-state index in [9.17, 15) is 4.79 Å². The van der Waals surface area contributed by atoms with Crippen molar-refractivity contribution in [3.63, 3.8) is 0 Å². The van der Waals surface area contributed by atoms with Crippen LogP contribution in [-0.2, 0) is 13.2 Å². The molecule has 0 N–H and O–H groups in total. The molecule has 0 saturated heterocycles. The number of carbonyl (C=O) groups excluding carboxylic acids is 1. The third-order valence-electron chi connectivity index (χ3n) is 5.20. The first-order chi connectivity index (χ1) is 14.8. The summed E-state index contributed by atoms with van der Waals surface area (Å²) < 4.78 is 13.3. The van der Waals surface area contributed by atoms with E-state index in [4.69, 9.17) is 21.1 Å². The number of nitrogens with zero attached hydrogens (tertiary/aromatic N) is 2. The van der Waals surface area contributed by atoms with Crippen molar-refractivity contribution in [3.05, 3.63) is 81.1 Å². The summed E-state index contributed by atoms with van der Waals surface area (Å²) in [4.78, 5) is 12.6. The van der Waals surface area contributed by atoms with Crippen molar-refractivity contribution in [2.45, 2.75) is 40.8 Å². The van der Waals surface area contributed by atoms with Gasteiger partial charge in [-0.1, -0.05) is 23.7 Å². The van der Waals surface area contributed by atoms with Crippen molar-refractivity contribution in [1.29, 1.82) is 0 Å². The molecule has 0 amide bonds. The van der Waals surface area contributed by atoms with Crippen molar-refractivity contribution in [1.82, 2.24) is 9.78 Å². The molecule has 0 radical (unpaired) electrons. The molecule has 0 saturated carbocycles. The van der Waals surface area contributed by atoms with Crippen molar-refractivity contribution in [2.24, 2.45) is 0 Å². The Morgan fingerprint density at radius 3 is 2.48 bits per heavy atom. The van der Waals surface area contributed by atoms with Gasteiger partial charge in [-0.25, -0.2) is 0 Å². The Balaban J connectivity index is 1.77. The highest BCUT2D eigenvalue weighted by Crippen LogP contribution is 2.28. The third-order valence-corrected chi connectivity index (χ3v) is 5.80. The zero-order chi connectivity index (χ0) is 22.5. The van der Waals surface area contributed by atoms with E-state index in [1.165, 1.54) is 0 Å². The number of hydrogen-bond acceptors (Lipinski definition) is 4. The van der Waals surface area contributed by atoms with E-state index < -0.39 is 0 Å². The first kappa shape index (κ1) is 22.6. The molecule has 3 rings (SSSR count). The topological polar surface area (TPSA) is 53.4 Å². The Hall–Kier alpha value is -3.05. The number of hydrogen-bond donors (Lipinski definition) is 0. The van der Waals surface area contributed by atoms with E-state index in [0.29, 0.717) is 12.2 Å². The average Bonchev–Trinajstić information content (AvgIpc) is 3.14. The second-order valence-corrected chi connectivity index (χ2v) is 7.77. The maximum Gasteiger partial charge on any atom is 0.189 e. The maximum atomic E-state index is 12.6. The van der Waals surface area contributed by atoms with Crippen LogP contribution in [0.25, 0.3) is 6.08 Å². The number of carbonyl (C=O) groups is 1. The van der Waals surface area contributed by atoms with Gasteiger partial charge in [0, 0.05) is 22.8 Å². The monoisotopic (exact) mass is 438 g/mol. The van der Waals surface area contributed by atoms with Crippen LogP contribution in [0.5, 0.6) is 11.5 Å². The van der Waals surface area contributed by atoms with Crippen LogP contribution >= 0.6 is 11.6 Å². The molecule has 2 aromatic carbocycles. The molecule has 31 heavy (non-hydrogen) atoms. The Kier molecular flexibility index (Phi) is 7.18. The Bertz CT molecular complexity index is 1110. The first-order valence-electron chi connectivity index (χ1n) is 10.1. The van der Waals surface area contributed by atoms with Gasteiger partial charge in [-0.2, -0.15) is 5.10 Å². The molecule has 0 aliphatic carbocycles. The molecule has 0 atom stereocenters. The van der Waals surface area contributed by atoms with Gasteiger partial charge in [0.05, 0.1) is 18.9 Å². The summed E-state index contributed by atoms with van der Waals surface area (Å²) >= 11 is 6.24. The zero-order valence-electron chi connectivity index (χ0n) is 18.5. The molecule has 0 bridgehead atoms. The minimum atomic E-state index is -0.0714. The number of benzene rings is 2. The molecule has 1 heterocycles. The third kappa shape index (κ3) is 5.17. The van der Waals surface area contributed by atoms with Crippen molar-refractivity contribution in [2.75, 3.05) is 7.11 Å². The Morgan fingerprint density at radius 2 is 1.87 bits per heavy atom. The number of allylic oxidation sites excluding steroid dienone is 1. The summed E-state index contributed by atoms with van der Waals surface area (Å²) in [6.07, 6.45) is 4.99. The number of aryl methyl sites for hydroxylation is 3. The summed E-state index contributed by atoms with van der Waals surface area (Å²) in [5.74, 6) is 1.41. The van der Waals surface area contributed by atoms with Gasteiger partial charge in [0.15, 0.2) is 5.78 Å². The van der Waals surface area contributed by atoms with Gasteiger partial charge in [-0.3, -0.25) is 9.48 Å². The van der Waals surface area contributed by atoms with Gasteiger partial charge >= 0.3 is 0 Å². The van der Waals surface area contributed by atoms with Crippen LogP contribution in [0, 0.1) is 20.8 Å². The van der Waals surface area contributed by atoms with E-state index in [2.05, 4.69) is 5.10 Å². The van der Waals surface area contributed by atoms with Crippen LogP contribution in [0.1, 0.15) is 45.2 Å². The minimum Gasteiger partial charge on any atom is -0.496 e. The highest BCUT2D eigenvalue weighted by Gasteiger charge is 2.11. The number of methoxy groups -OCH3 is 1. The molecule has 5 nitrogen and oxygen atoms in total. The molecule has 6 heteroatoms. The lowest BCUT2D eigenvalue weighted by Crippen LogP contribution is -2.02.